The number of hydrogen-bond donors (Lipinski definition) is 3. The lowest BCUT2D eigenvalue weighted by Gasteiger charge is -2.09. The van der Waals surface area contributed by atoms with Gasteiger partial charge >= 0.3 is 0 Å². The molecule has 0 saturated heterocycles. The van der Waals surface area contributed by atoms with Crippen LogP contribution in [0.25, 0.3) is 0 Å². The summed E-state index contributed by atoms with van der Waals surface area (Å²) in [5, 5.41) is 22.0. The van der Waals surface area contributed by atoms with Gasteiger partial charge in [0.25, 0.3) is 0 Å². The van der Waals surface area contributed by atoms with Crippen LogP contribution in [0, 0.1) is 5.82 Å². The van der Waals surface area contributed by atoms with Crippen LogP contribution in [-0.2, 0) is 6.54 Å². The van der Waals surface area contributed by atoms with Crippen LogP contribution in [0.5, 0.6) is 11.5 Å². The second-order valence-corrected chi connectivity index (χ2v) is 4.20. The number of phenolic OH excluding ortho intramolecular Hbond substituents is 2. The quantitative estimate of drug-likeness (QED) is 0.746. The largest absolute Gasteiger partial charge is 0.508 e. The summed E-state index contributed by atoms with van der Waals surface area (Å²) in [5.74, 6) is -0.391. The zero-order valence-electron chi connectivity index (χ0n) is 9.32. The first-order valence-corrected chi connectivity index (χ1v) is 5.64. The van der Waals surface area contributed by atoms with Crippen LogP contribution in [0.4, 0.5) is 10.1 Å². The van der Waals surface area contributed by atoms with Gasteiger partial charge in [0.1, 0.15) is 17.3 Å². The zero-order chi connectivity index (χ0) is 13.1. The van der Waals surface area contributed by atoms with Crippen molar-refractivity contribution in [1.82, 2.24) is 0 Å². The molecule has 0 radical (unpaired) electrons. The molecule has 5 heteroatoms. The van der Waals surface area contributed by atoms with E-state index in [-0.39, 0.29) is 23.1 Å². The normalized spacial score (nSPS) is 10.3. The van der Waals surface area contributed by atoms with E-state index in [1.54, 1.807) is 12.1 Å². The minimum atomic E-state index is -0.409. The molecule has 2 aromatic carbocycles. The van der Waals surface area contributed by atoms with Gasteiger partial charge in [-0.1, -0.05) is 11.6 Å². The maximum Gasteiger partial charge on any atom is 0.134 e. The maximum atomic E-state index is 13.0. The average Bonchev–Trinajstić information content (AvgIpc) is 2.34. The first-order chi connectivity index (χ1) is 8.56. The summed E-state index contributed by atoms with van der Waals surface area (Å²) in [6.07, 6.45) is 0. The van der Waals surface area contributed by atoms with Gasteiger partial charge in [-0.15, -0.1) is 0 Å². The smallest absolute Gasteiger partial charge is 0.134 e. The highest BCUT2D eigenvalue weighted by atomic mass is 35.5. The summed E-state index contributed by atoms with van der Waals surface area (Å²) in [7, 11) is 0. The molecule has 94 valence electrons. The van der Waals surface area contributed by atoms with Gasteiger partial charge in [-0.3, -0.25) is 0 Å². The number of anilines is 1. The molecule has 3 N–H and O–H groups in total. The van der Waals surface area contributed by atoms with Crippen molar-refractivity contribution in [3.63, 3.8) is 0 Å². The van der Waals surface area contributed by atoms with E-state index in [1.165, 1.54) is 24.3 Å². The van der Waals surface area contributed by atoms with Crippen LogP contribution in [-0.4, -0.2) is 10.2 Å². The molecule has 0 bridgehead atoms. The molecule has 2 aromatic rings. The SMILES string of the molecule is Oc1ccc(NCc2cc(F)ccc2O)cc1Cl. The van der Waals surface area contributed by atoms with Crippen molar-refractivity contribution in [2.75, 3.05) is 5.32 Å². The van der Waals surface area contributed by atoms with Gasteiger partial charge < -0.3 is 15.5 Å². The van der Waals surface area contributed by atoms with Crippen molar-refractivity contribution >= 4 is 17.3 Å². The predicted octanol–water partition coefficient (Wildman–Crippen LogP) is 3.50. The van der Waals surface area contributed by atoms with E-state index in [0.29, 0.717) is 11.3 Å². The fourth-order valence-electron chi connectivity index (χ4n) is 1.51. The monoisotopic (exact) mass is 267 g/mol. The Morgan fingerprint density at radius 2 is 1.78 bits per heavy atom. The molecule has 0 saturated carbocycles. The van der Waals surface area contributed by atoms with E-state index in [1.807, 2.05) is 0 Å². The third-order valence-electron chi connectivity index (χ3n) is 2.47. The van der Waals surface area contributed by atoms with Gasteiger partial charge in [-0.25, -0.2) is 4.39 Å². The molecule has 0 spiro atoms. The average molecular weight is 268 g/mol. The van der Waals surface area contributed by atoms with Gasteiger partial charge in [0.05, 0.1) is 5.02 Å². The first-order valence-electron chi connectivity index (χ1n) is 5.26. The summed E-state index contributed by atoms with van der Waals surface area (Å²) < 4.78 is 13.0. The number of rotatable bonds is 3. The van der Waals surface area contributed by atoms with Gasteiger partial charge in [0, 0.05) is 17.8 Å². The highest BCUT2D eigenvalue weighted by molar-refractivity contribution is 6.32. The third-order valence-corrected chi connectivity index (χ3v) is 2.77. The van der Waals surface area contributed by atoms with Crippen LogP contribution in [0.1, 0.15) is 5.56 Å². The van der Waals surface area contributed by atoms with Crippen molar-refractivity contribution in [2.45, 2.75) is 6.54 Å². The van der Waals surface area contributed by atoms with E-state index in [2.05, 4.69) is 5.32 Å². The Kier molecular flexibility index (Phi) is 3.58. The van der Waals surface area contributed by atoms with E-state index in [0.717, 1.165) is 0 Å². The van der Waals surface area contributed by atoms with E-state index in [4.69, 9.17) is 11.6 Å². The fourth-order valence-corrected chi connectivity index (χ4v) is 1.69. The molecule has 2 rings (SSSR count). The standard InChI is InChI=1S/C13H11ClFNO2/c14-11-6-10(2-4-13(11)18)16-7-8-5-9(15)1-3-12(8)17/h1-6,16-18H,7H2. The van der Waals surface area contributed by atoms with Crippen molar-refractivity contribution < 1.29 is 14.6 Å². The van der Waals surface area contributed by atoms with E-state index < -0.39 is 5.82 Å². The number of nitrogens with one attached hydrogen (secondary N) is 1. The van der Waals surface area contributed by atoms with Gasteiger partial charge in [-0.05, 0) is 36.4 Å². The van der Waals surface area contributed by atoms with Gasteiger partial charge in [-0.2, -0.15) is 0 Å². The molecule has 0 atom stereocenters. The molecule has 0 aliphatic carbocycles. The van der Waals surface area contributed by atoms with Crippen LogP contribution < -0.4 is 5.32 Å². The Bertz CT molecular complexity index is 575. The van der Waals surface area contributed by atoms with Crippen LogP contribution in [0.2, 0.25) is 5.02 Å². The van der Waals surface area contributed by atoms with Crippen molar-refractivity contribution in [1.29, 1.82) is 0 Å². The molecule has 0 unspecified atom stereocenters. The topological polar surface area (TPSA) is 52.5 Å². The number of hydrogen-bond acceptors (Lipinski definition) is 3. The second-order valence-electron chi connectivity index (χ2n) is 3.79. The Morgan fingerprint density at radius 3 is 2.50 bits per heavy atom. The number of phenols is 2. The van der Waals surface area contributed by atoms with Crippen molar-refractivity contribution in [2.24, 2.45) is 0 Å². The minimum absolute atomic E-state index is 0.00387. The lowest BCUT2D eigenvalue weighted by atomic mass is 10.2. The van der Waals surface area contributed by atoms with Crippen LogP contribution >= 0.6 is 11.6 Å². The zero-order valence-corrected chi connectivity index (χ0v) is 10.1. The Morgan fingerprint density at radius 1 is 1.06 bits per heavy atom. The molecular weight excluding hydrogens is 257 g/mol. The molecular formula is C13H11ClFNO2. The molecule has 0 fully saturated rings. The summed E-state index contributed by atoms with van der Waals surface area (Å²) in [6, 6.07) is 8.39. The number of benzene rings is 2. The third kappa shape index (κ3) is 2.84. The summed E-state index contributed by atoms with van der Waals surface area (Å²) in [4.78, 5) is 0. The Hall–Kier alpha value is -1.94. The Balaban J connectivity index is 2.11. The van der Waals surface area contributed by atoms with Gasteiger partial charge in [0.2, 0.25) is 0 Å². The summed E-state index contributed by atoms with van der Waals surface area (Å²) in [6.45, 7) is 0.255. The first kappa shape index (κ1) is 12.5. The minimum Gasteiger partial charge on any atom is -0.508 e. The van der Waals surface area contributed by atoms with Crippen LogP contribution in [0.15, 0.2) is 36.4 Å². The molecule has 3 nitrogen and oxygen atoms in total. The lowest BCUT2D eigenvalue weighted by Crippen LogP contribution is -2.00. The highest BCUT2D eigenvalue weighted by Gasteiger charge is 2.04. The summed E-state index contributed by atoms with van der Waals surface area (Å²) in [5.41, 5.74) is 1.11. The van der Waals surface area contributed by atoms with E-state index >= 15 is 0 Å². The van der Waals surface area contributed by atoms with E-state index in [9.17, 15) is 14.6 Å². The molecule has 0 heterocycles. The maximum absolute atomic E-state index is 13.0. The van der Waals surface area contributed by atoms with Crippen molar-refractivity contribution in [3.05, 3.63) is 52.8 Å². The Labute approximate surface area is 108 Å². The molecule has 18 heavy (non-hydrogen) atoms. The summed E-state index contributed by atoms with van der Waals surface area (Å²) >= 11 is 5.75. The molecule has 0 aliphatic heterocycles. The molecule has 0 aromatic heterocycles. The predicted molar refractivity (Wildman–Crippen MR) is 68.5 cm³/mol. The van der Waals surface area contributed by atoms with Gasteiger partial charge in [0.15, 0.2) is 0 Å². The second kappa shape index (κ2) is 5.14. The highest BCUT2D eigenvalue weighted by Crippen LogP contribution is 2.27. The number of aromatic hydroxyl groups is 2. The molecule has 0 aliphatic rings. The lowest BCUT2D eigenvalue weighted by molar-refractivity contribution is 0.466. The fraction of sp³-hybridized carbons (Fsp3) is 0.0769. The number of halogens is 2. The van der Waals surface area contributed by atoms with Crippen molar-refractivity contribution in [3.8, 4) is 11.5 Å². The van der Waals surface area contributed by atoms with Crippen LogP contribution in [0.3, 0.4) is 0 Å². The molecule has 0 amide bonds.